The molecule has 676 valence electrons. The molecule has 4 aromatic heterocycles. The minimum Gasteiger partial charge on any atom is -0.481 e. The molecule has 8 aromatic rings. The molecule has 0 aliphatic carbocycles. The minimum absolute atomic E-state index is 0.0276. The van der Waals surface area contributed by atoms with Crippen molar-refractivity contribution >= 4 is 113 Å². The molecule has 0 radical (unpaired) electrons. The van der Waals surface area contributed by atoms with E-state index < -0.39 is 168 Å². The maximum atomic E-state index is 14.0. The van der Waals surface area contributed by atoms with Crippen LogP contribution in [-0.4, -0.2) is 189 Å². The maximum Gasteiger partial charge on any atom is 0.379 e. The number of benzene rings is 4. The van der Waals surface area contributed by atoms with Gasteiger partial charge in [-0.05, 0) is 159 Å². The fourth-order valence-corrected chi connectivity index (χ4v) is 10.7. The molecule has 0 bridgehead atoms. The van der Waals surface area contributed by atoms with Crippen LogP contribution in [0.3, 0.4) is 0 Å². The second kappa shape index (κ2) is 49.0. The summed E-state index contributed by atoms with van der Waals surface area (Å²) in [5.74, 6) is -18.2. The number of ether oxygens (including phenoxy) is 4. The number of aliphatic hydroxyl groups is 2. The second-order valence-corrected chi connectivity index (χ2v) is 27.2. The van der Waals surface area contributed by atoms with Crippen molar-refractivity contribution in [3.63, 3.8) is 0 Å². The third-order valence-corrected chi connectivity index (χ3v) is 17.6. The van der Waals surface area contributed by atoms with Gasteiger partial charge in [0, 0.05) is 78.5 Å². The molecule has 0 saturated heterocycles. The summed E-state index contributed by atoms with van der Waals surface area (Å²) in [7, 11) is 0. The van der Waals surface area contributed by atoms with Crippen molar-refractivity contribution in [3.8, 4) is 23.0 Å². The molecule has 0 aliphatic heterocycles. The highest BCUT2D eigenvalue weighted by Gasteiger charge is 2.32. The smallest absolute Gasteiger partial charge is 0.379 e. The van der Waals surface area contributed by atoms with Gasteiger partial charge < -0.3 is 127 Å². The van der Waals surface area contributed by atoms with Crippen molar-refractivity contribution in [2.24, 2.45) is 40.7 Å². The van der Waals surface area contributed by atoms with Gasteiger partial charge in [-0.1, -0.05) is 20.8 Å². The Morgan fingerprint density at radius 2 is 0.717 bits per heavy atom. The molecule has 4 heterocycles. The van der Waals surface area contributed by atoms with Gasteiger partial charge >= 0.3 is 65.7 Å². The van der Waals surface area contributed by atoms with Crippen LogP contribution in [0.2, 0.25) is 0 Å². The van der Waals surface area contributed by atoms with Crippen LogP contribution in [0, 0.1) is 45.2 Å². The lowest BCUT2D eigenvalue weighted by atomic mass is 9.99. The zero-order valence-corrected chi connectivity index (χ0v) is 67.5. The van der Waals surface area contributed by atoms with E-state index in [1.165, 1.54) is 134 Å². The number of carboxylic acids is 7. The summed E-state index contributed by atoms with van der Waals surface area (Å²) >= 11 is 0. The fraction of sp³-hybridized carbons (Fsp3) is 0.280. The Hall–Kier alpha value is -16.2. The first-order chi connectivity index (χ1) is 59.8. The average Bonchev–Trinajstić information content (AvgIpc) is 1.83. The first-order valence-corrected chi connectivity index (χ1v) is 37.7. The first-order valence-electron chi connectivity index (χ1n) is 37.7. The predicted octanol–water partition coefficient (Wildman–Crippen LogP) is 4.31. The Labute approximate surface area is 717 Å². The highest BCUT2D eigenvalue weighted by atomic mass is 19.1. The molecule has 44 nitrogen and oxygen atoms in total. The van der Waals surface area contributed by atoms with E-state index in [-0.39, 0.29) is 126 Å². The van der Waals surface area contributed by atoms with Crippen LogP contribution >= 0.6 is 0 Å². The molecule has 7 atom stereocenters. The van der Waals surface area contributed by atoms with Crippen molar-refractivity contribution in [3.05, 3.63) is 214 Å². The van der Waals surface area contributed by atoms with Crippen molar-refractivity contribution in [2.75, 3.05) is 0 Å². The maximum absolute atomic E-state index is 14.0. The number of aryl methyl sites for hydroxylation is 1. The van der Waals surface area contributed by atoms with Crippen LogP contribution in [0.4, 0.5) is 4.39 Å². The van der Waals surface area contributed by atoms with Crippen molar-refractivity contribution in [2.45, 2.75) is 128 Å². The standard InChI is InChI=1S/C22H27N3O8.C21H23N3O8.C20H20FN3O8.C19H19N3O8/c1-2-12(20(28)25-16(21(29)30)8-10-18(26)27)11-15-7-9-17(32-15)22(31)33-14-5-3-13(4-6-14)19(23)24;1-2-11(19(27)24-15(20(28)29)10-17(25)26)9-14-7-8-16(31-14)21(30)32-13-5-3-12(4-6-13)18(22)23;1-9(18(27)24-13(19(28)29)8-16(25)26)6-11-3-5-15(31-11)20(30)32-14-4-2-10(17(22)23)7-12(14)21;20-17(21)10-1-3-12(4-2-10)30-19(28)14-7-5-11(29-14)6-8-15(23)22-13(18(26)27)9-16(24)25/h3-7,9,12,16,21,29-30H,2,8,10-11H2,1H3,(H3,23,24)(H,25,28)(H,26,27);3-8,11,15H,2,9-10H2,1H3,(H3,22,23)(H,24,27)(H,25,26)(H,28,29);2-5,7,9,13H,6,8H2,1H3,(H3,22,23)(H,24,27)(H,25,26)(H,28,29);1-5,7,13H,6,8-9H2,(H3,20,21)(H,22,23)(H,24,25)(H,26,27)/t12?,16-;11?,15-;9?,13-;13-/m1110/s1. The molecule has 3 unspecified atom stereocenters. The molecule has 4 amide bonds. The first kappa shape index (κ1) is 101. The third kappa shape index (κ3) is 34.3. The van der Waals surface area contributed by atoms with Crippen molar-refractivity contribution in [1.82, 2.24) is 21.3 Å². The van der Waals surface area contributed by atoms with E-state index in [1.807, 2.05) is 0 Å². The van der Waals surface area contributed by atoms with E-state index >= 15 is 0 Å². The summed E-state index contributed by atoms with van der Waals surface area (Å²) in [4.78, 5) is 174. The van der Waals surface area contributed by atoms with Crippen molar-refractivity contribution < 1.29 is 159 Å². The van der Waals surface area contributed by atoms with Crippen LogP contribution in [0.1, 0.15) is 160 Å². The van der Waals surface area contributed by atoms with Gasteiger partial charge in [-0.2, -0.15) is 0 Å². The number of furan rings is 4. The number of aliphatic hydroxyl groups excluding tert-OH is 1. The average molecular weight is 1770 g/mol. The number of carboxylic acid groups (broad SMARTS) is 7. The zero-order valence-electron chi connectivity index (χ0n) is 67.5. The lowest BCUT2D eigenvalue weighted by Crippen LogP contribution is -2.46. The summed E-state index contributed by atoms with van der Waals surface area (Å²) < 4.78 is 56.1. The predicted molar refractivity (Wildman–Crippen MR) is 433 cm³/mol. The van der Waals surface area contributed by atoms with Crippen LogP contribution < -0.4 is 63.1 Å². The molecular formula is C82H89FN12O32. The van der Waals surface area contributed by atoms with Gasteiger partial charge in [0.2, 0.25) is 46.7 Å². The molecule has 25 N–H and O–H groups in total. The number of hydrogen-bond donors (Lipinski definition) is 21. The number of amides is 4. The van der Waals surface area contributed by atoms with Crippen LogP contribution in [-0.2, 0) is 78.4 Å². The third-order valence-electron chi connectivity index (χ3n) is 17.6. The van der Waals surface area contributed by atoms with Gasteiger partial charge in [0.1, 0.15) is 81.8 Å². The molecular weight excluding hydrogens is 1680 g/mol. The fourth-order valence-electron chi connectivity index (χ4n) is 10.7. The number of aliphatic carboxylic acids is 7. The van der Waals surface area contributed by atoms with Crippen molar-refractivity contribution in [1.29, 1.82) is 21.6 Å². The Kier molecular flexibility index (Phi) is 39.1. The minimum atomic E-state index is -1.90. The number of nitrogen functional groups attached to an aromatic ring is 4. The Morgan fingerprint density at radius 3 is 1.05 bits per heavy atom. The normalized spacial score (nSPS) is 12.2. The number of nitrogens with two attached hydrogens (primary N) is 4. The number of amidine groups is 4. The van der Waals surface area contributed by atoms with Gasteiger partial charge in [0.25, 0.3) is 0 Å². The number of hydrogen-bond acceptors (Lipinski definition) is 29. The van der Waals surface area contributed by atoms with Gasteiger partial charge in [0.05, 0.1) is 25.3 Å². The van der Waals surface area contributed by atoms with Crippen LogP contribution in [0.15, 0.2) is 157 Å². The highest BCUT2D eigenvalue weighted by molar-refractivity contribution is 5.98. The van der Waals surface area contributed by atoms with Gasteiger partial charge in [-0.15, -0.1) is 0 Å². The molecule has 4 aromatic carbocycles. The topological polar surface area (TPSA) is 775 Å². The van der Waals surface area contributed by atoms with Gasteiger partial charge in [-0.25, -0.2) is 38.0 Å². The number of nitrogens with one attached hydrogen (secondary N) is 8. The number of carbonyl (C=O) groups excluding carboxylic acids is 8. The Balaban J connectivity index is 0.000000300. The Morgan fingerprint density at radius 1 is 0.394 bits per heavy atom. The summed E-state index contributed by atoms with van der Waals surface area (Å²) in [6, 6.07) is 26.9. The summed E-state index contributed by atoms with van der Waals surface area (Å²) in [5.41, 5.74) is 22.9. The highest BCUT2D eigenvalue weighted by Crippen LogP contribution is 2.26. The SMILES string of the molecule is CC(Cc1ccc(C(=O)Oc2ccc(C(=N)N)cc2F)o1)C(=O)N[C@H](CC(=O)O)C(=O)O.CCC(Cc1ccc(C(=O)Oc2ccc(C(=N)N)cc2)o1)C(=O)N[C@H](CC(=O)O)C(=O)O.CCC(Cc1ccc(C(=O)Oc2ccc(C(=N)N)cc2)o1)C(=O)N[C@H](CCC(=O)O)C(O)O.N=C(N)c1ccc(OC(=O)c2ccc(CCC(=O)N[C@@H](CC(=O)O)C(=O)O)o2)cc1. The van der Waals surface area contributed by atoms with E-state index in [2.05, 4.69) is 21.3 Å². The number of carbonyl (C=O) groups is 15. The number of rotatable bonds is 43. The van der Waals surface area contributed by atoms with Crippen LogP contribution in [0.25, 0.3) is 0 Å². The van der Waals surface area contributed by atoms with E-state index in [9.17, 15) is 86.5 Å². The van der Waals surface area contributed by atoms with E-state index in [0.717, 1.165) is 12.1 Å². The zero-order chi connectivity index (χ0) is 94.6. The van der Waals surface area contributed by atoms with E-state index in [0.29, 0.717) is 41.1 Å². The lowest BCUT2D eigenvalue weighted by molar-refractivity contribution is -0.147. The summed E-state index contributed by atoms with van der Waals surface area (Å²) in [6.07, 6.45) is -3.86. The summed E-state index contributed by atoms with van der Waals surface area (Å²) in [5, 5.41) is 119. The number of esters is 4. The lowest BCUT2D eigenvalue weighted by Gasteiger charge is -2.22. The van der Waals surface area contributed by atoms with E-state index in [1.54, 1.807) is 13.8 Å². The molecule has 0 fully saturated rings. The molecule has 0 saturated carbocycles. The molecule has 0 spiro atoms. The molecule has 0 aliphatic rings. The second-order valence-electron chi connectivity index (χ2n) is 27.2. The monoisotopic (exact) mass is 1770 g/mol. The Bertz CT molecular complexity index is 5330. The quantitative estimate of drug-likeness (QED) is 0.00832. The molecule has 45 heteroatoms. The van der Waals surface area contributed by atoms with Gasteiger partial charge in [0.15, 0.2) is 17.9 Å². The summed E-state index contributed by atoms with van der Waals surface area (Å²) in [6.45, 7) is 4.93. The molecule has 127 heavy (non-hydrogen) atoms. The van der Waals surface area contributed by atoms with E-state index in [4.69, 9.17) is 117 Å². The van der Waals surface area contributed by atoms with Crippen LogP contribution in [0.5, 0.6) is 23.0 Å². The van der Waals surface area contributed by atoms with Gasteiger partial charge in [-0.3, -0.25) is 60.0 Å². The largest absolute Gasteiger partial charge is 0.481 e. The molecule has 8 rings (SSSR count). The number of halogens is 1.